The Morgan fingerprint density at radius 3 is 2.55 bits per heavy atom. The van der Waals surface area contributed by atoms with Gasteiger partial charge in [-0.2, -0.15) is 0 Å². The molecule has 0 spiro atoms. The monoisotopic (exact) mass is 275 g/mol. The molecule has 2 aliphatic rings. The Labute approximate surface area is 121 Å². The first-order chi connectivity index (χ1) is 9.49. The van der Waals surface area contributed by atoms with Crippen LogP contribution in [0.1, 0.15) is 63.1 Å². The van der Waals surface area contributed by atoms with Gasteiger partial charge in [0.2, 0.25) is 0 Å². The standard InChI is InChI=1S/C14H19N3O.C2H6/c1-14(2)7-6-9-11(17-13(15)18)8-4-3-5-10(8)16-12(9)14;1-2/h3-7H2,1-2H3,(H3,15,16,17,18);1-2H3. The summed E-state index contributed by atoms with van der Waals surface area (Å²) in [6, 6.07) is -0.470. The minimum Gasteiger partial charge on any atom is -0.351 e. The number of fused-ring (bicyclic) bond motifs is 2. The van der Waals surface area contributed by atoms with Gasteiger partial charge in [-0.3, -0.25) is 4.98 Å². The van der Waals surface area contributed by atoms with Crippen molar-refractivity contribution >= 4 is 11.7 Å². The van der Waals surface area contributed by atoms with E-state index in [1.165, 1.54) is 11.1 Å². The van der Waals surface area contributed by atoms with Crippen LogP contribution in [0.5, 0.6) is 0 Å². The molecule has 1 heterocycles. The Morgan fingerprint density at radius 1 is 1.20 bits per heavy atom. The first kappa shape index (κ1) is 14.8. The highest BCUT2D eigenvalue weighted by Gasteiger charge is 2.36. The molecular weight excluding hydrogens is 250 g/mol. The number of aryl methyl sites for hydroxylation is 1. The molecular formula is C16H25N3O. The van der Waals surface area contributed by atoms with E-state index in [-0.39, 0.29) is 5.41 Å². The molecule has 1 aromatic rings. The molecule has 0 bridgehead atoms. The van der Waals surface area contributed by atoms with E-state index in [0.29, 0.717) is 0 Å². The molecule has 0 radical (unpaired) electrons. The second-order valence-electron chi connectivity index (χ2n) is 5.97. The van der Waals surface area contributed by atoms with Crippen molar-refractivity contribution in [1.29, 1.82) is 0 Å². The molecule has 110 valence electrons. The minimum atomic E-state index is -0.470. The van der Waals surface area contributed by atoms with E-state index in [1.807, 2.05) is 13.8 Å². The van der Waals surface area contributed by atoms with Gasteiger partial charge in [-0.15, -0.1) is 0 Å². The average Bonchev–Trinajstić information content (AvgIpc) is 2.97. The zero-order valence-electron chi connectivity index (χ0n) is 13.0. The second-order valence-corrected chi connectivity index (χ2v) is 5.97. The van der Waals surface area contributed by atoms with Crippen LogP contribution in [0.25, 0.3) is 0 Å². The van der Waals surface area contributed by atoms with Gasteiger partial charge in [0.1, 0.15) is 0 Å². The number of primary amides is 1. The summed E-state index contributed by atoms with van der Waals surface area (Å²) in [5, 5.41) is 2.84. The van der Waals surface area contributed by atoms with Crippen molar-refractivity contribution in [3.8, 4) is 0 Å². The maximum Gasteiger partial charge on any atom is 0.316 e. The number of amides is 2. The fraction of sp³-hybridized carbons (Fsp3) is 0.625. The Hall–Kier alpha value is -1.58. The fourth-order valence-corrected chi connectivity index (χ4v) is 3.26. The molecule has 0 aromatic carbocycles. The van der Waals surface area contributed by atoms with Gasteiger partial charge in [-0.25, -0.2) is 4.79 Å². The van der Waals surface area contributed by atoms with E-state index in [0.717, 1.165) is 49.2 Å². The predicted molar refractivity (Wildman–Crippen MR) is 82.2 cm³/mol. The van der Waals surface area contributed by atoms with E-state index in [9.17, 15) is 4.79 Å². The van der Waals surface area contributed by atoms with Crippen molar-refractivity contribution in [2.45, 2.75) is 65.2 Å². The molecule has 0 saturated heterocycles. The Morgan fingerprint density at radius 2 is 1.90 bits per heavy atom. The normalized spacial score (nSPS) is 17.8. The summed E-state index contributed by atoms with van der Waals surface area (Å²) in [4.78, 5) is 16.1. The summed E-state index contributed by atoms with van der Waals surface area (Å²) in [5.41, 5.74) is 11.1. The molecule has 2 amide bonds. The largest absolute Gasteiger partial charge is 0.351 e. The quantitative estimate of drug-likeness (QED) is 0.825. The van der Waals surface area contributed by atoms with Crippen molar-refractivity contribution in [2.24, 2.45) is 5.73 Å². The third-order valence-corrected chi connectivity index (χ3v) is 4.21. The lowest BCUT2D eigenvalue weighted by molar-refractivity contribution is 0.259. The fourth-order valence-electron chi connectivity index (χ4n) is 3.26. The van der Waals surface area contributed by atoms with Crippen LogP contribution in [0.4, 0.5) is 10.5 Å². The zero-order chi connectivity index (χ0) is 14.9. The van der Waals surface area contributed by atoms with Gasteiger partial charge in [0, 0.05) is 11.1 Å². The molecule has 0 fully saturated rings. The third-order valence-electron chi connectivity index (χ3n) is 4.21. The van der Waals surface area contributed by atoms with Gasteiger partial charge in [0.05, 0.1) is 11.4 Å². The second kappa shape index (κ2) is 5.43. The van der Waals surface area contributed by atoms with Crippen LogP contribution in [0.3, 0.4) is 0 Å². The summed E-state index contributed by atoms with van der Waals surface area (Å²) in [6.07, 6.45) is 5.22. The first-order valence-corrected chi connectivity index (χ1v) is 7.60. The Kier molecular flexibility index (Phi) is 4.02. The van der Waals surface area contributed by atoms with Crippen LogP contribution in [0.2, 0.25) is 0 Å². The topological polar surface area (TPSA) is 68.0 Å². The number of urea groups is 1. The SMILES string of the molecule is CC.CC1(C)CCc2c1nc1c(c2NC(N)=O)CCC1. The number of hydrogen-bond donors (Lipinski definition) is 2. The van der Waals surface area contributed by atoms with Gasteiger partial charge in [-0.1, -0.05) is 27.7 Å². The molecule has 1 aromatic heterocycles. The van der Waals surface area contributed by atoms with Crippen molar-refractivity contribution in [2.75, 3.05) is 5.32 Å². The lowest BCUT2D eigenvalue weighted by atomic mass is 9.90. The minimum absolute atomic E-state index is 0.112. The number of anilines is 1. The molecule has 2 aliphatic carbocycles. The average molecular weight is 275 g/mol. The Bertz CT molecular complexity index is 535. The number of hydrogen-bond acceptors (Lipinski definition) is 2. The number of aromatic nitrogens is 1. The van der Waals surface area contributed by atoms with Crippen molar-refractivity contribution < 1.29 is 4.79 Å². The lowest BCUT2D eigenvalue weighted by Crippen LogP contribution is -2.22. The molecule has 3 rings (SSSR count). The van der Waals surface area contributed by atoms with E-state index >= 15 is 0 Å². The van der Waals surface area contributed by atoms with Gasteiger partial charge in [-0.05, 0) is 43.2 Å². The predicted octanol–water partition coefficient (Wildman–Crippen LogP) is 3.31. The van der Waals surface area contributed by atoms with Crippen LogP contribution in [0.15, 0.2) is 0 Å². The molecule has 4 nitrogen and oxygen atoms in total. The summed E-state index contributed by atoms with van der Waals surface area (Å²) in [7, 11) is 0. The number of carbonyl (C=O) groups is 1. The summed E-state index contributed by atoms with van der Waals surface area (Å²) < 4.78 is 0. The highest BCUT2D eigenvalue weighted by Crippen LogP contribution is 2.44. The maximum atomic E-state index is 11.2. The van der Waals surface area contributed by atoms with Crippen LogP contribution >= 0.6 is 0 Å². The molecule has 20 heavy (non-hydrogen) atoms. The van der Waals surface area contributed by atoms with Gasteiger partial charge >= 0.3 is 6.03 Å². The van der Waals surface area contributed by atoms with E-state index in [4.69, 9.17) is 10.7 Å². The van der Waals surface area contributed by atoms with Gasteiger partial charge in [0.15, 0.2) is 0 Å². The number of rotatable bonds is 1. The molecule has 4 heteroatoms. The van der Waals surface area contributed by atoms with Crippen LogP contribution in [0, 0.1) is 0 Å². The van der Waals surface area contributed by atoms with E-state index in [2.05, 4.69) is 19.2 Å². The smallest absolute Gasteiger partial charge is 0.316 e. The van der Waals surface area contributed by atoms with Crippen molar-refractivity contribution in [3.63, 3.8) is 0 Å². The van der Waals surface area contributed by atoms with E-state index in [1.54, 1.807) is 0 Å². The number of nitrogens with zero attached hydrogens (tertiary/aromatic N) is 1. The summed E-state index contributed by atoms with van der Waals surface area (Å²) in [5.74, 6) is 0. The zero-order valence-corrected chi connectivity index (χ0v) is 13.0. The van der Waals surface area contributed by atoms with Gasteiger partial charge < -0.3 is 11.1 Å². The number of pyridine rings is 1. The van der Waals surface area contributed by atoms with Crippen molar-refractivity contribution in [1.82, 2.24) is 4.98 Å². The third kappa shape index (κ3) is 2.39. The molecule has 0 aliphatic heterocycles. The van der Waals surface area contributed by atoms with Crippen LogP contribution in [-0.4, -0.2) is 11.0 Å². The summed E-state index contributed by atoms with van der Waals surface area (Å²) in [6.45, 7) is 8.45. The van der Waals surface area contributed by atoms with E-state index < -0.39 is 6.03 Å². The van der Waals surface area contributed by atoms with Crippen molar-refractivity contribution in [3.05, 3.63) is 22.5 Å². The number of carbonyl (C=O) groups excluding carboxylic acids is 1. The Balaban J connectivity index is 0.000000704. The molecule has 0 atom stereocenters. The number of nitrogens with two attached hydrogens (primary N) is 1. The maximum absolute atomic E-state index is 11.2. The van der Waals surface area contributed by atoms with Crippen LogP contribution in [-0.2, 0) is 24.7 Å². The van der Waals surface area contributed by atoms with Gasteiger partial charge in [0.25, 0.3) is 0 Å². The highest BCUT2D eigenvalue weighted by atomic mass is 16.2. The summed E-state index contributed by atoms with van der Waals surface area (Å²) >= 11 is 0. The highest BCUT2D eigenvalue weighted by molar-refractivity contribution is 5.90. The molecule has 0 saturated carbocycles. The van der Waals surface area contributed by atoms with Crippen LogP contribution < -0.4 is 11.1 Å². The number of nitrogens with one attached hydrogen (secondary N) is 1. The molecule has 0 unspecified atom stereocenters. The molecule has 3 N–H and O–H groups in total. The first-order valence-electron chi connectivity index (χ1n) is 7.60. The lowest BCUT2D eigenvalue weighted by Gasteiger charge is -2.20.